The van der Waals surface area contributed by atoms with E-state index < -0.39 is 0 Å². The maximum absolute atomic E-state index is 5.64. The van der Waals surface area contributed by atoms with E-state index in [1.54, 1.807) is 0 Å². The summed E-state index contributed by atoms with van der Waals surface area (Å²) < 4.78 is 0. The molecule has 0 unspecified atom stereocenters. The van der Waals surface area contributed by atoms with Gasteiger partial charge in [-0.1, -0.05) is 24.2 Å². The SMILES string of the molecule is [B]c1ccc(N2CCN(C)C2=C)cc1. The molecule has 1 aliphatic heterocycles. The zero-order valence-corrected chi connectivity index (χ0v) is 8.40. The summed E-state index contributed by atoms with van der Waals surface area (Å²) in [6.07, 6.45) is 0. The maximum atomic E-state index is 5.64. The Kier molecular flexibility index (Phi) is 2.24. The van der Waals surface area contributed by atoms with Gasteiger partial charge in [0.25, 0.3) is 0 Å². The first-order valence-corrected chi connectivity index (χ1v) is 4.71. The fourth-order valence-corrected chi connectivity index (χ4v) is 1.65. The molecule has 1 saturated heterocycles. The van der Waals surface area contributed by atoms with Crippen LogP contribution >= 0.6 is 0 Å². The second-order valence-corrected chi connectivity index (χ2v) is 3.58. The predicted molar refractivity (Wildman–Crippen MR) is 60.9 cm³/mol. The van der Waals surface area contributed by atoms with Crippen LogP contribution in [0.4, 0.5) is 5.69 Å². The van der Waals surface area contributed by atoms with Crippen molar-refractivity contribution >= 4 is 19.0 Å². The highest BCUT2D eigenvalue weighted by atomic mass is 15.4. The van der Waals surface area contributed by atoms with Crippen LogP contribution in [-0.2, 0) is 0 Å². The monoisotopic (exact) mass is 184 g/mol. The lowest BCUT2D eigenvalue weighted by atomic mass is 9.96. The minimum atomic E-state index is 0.798. The van der Waals surface area contributed by atoms with Gasteiger partial charge in [-0.05, 0) is 12.1 Å². The quantitative estimate of drug-likeness (QED) is 0.593. The van der Waals surface area contributed by atoms with E-state index in [-0.39, 0.29) is 0 Å². The van der Waals surface area contributed by atoms with Crippen LogP contribution in [0.3, 0.4) is 0 Å². The minimum absolute atomic E-state index is 0.798. The lowest BCUT2D eigenvalue weighted by molar-refractivity contribution is 0.489. The van der Waals surface area contributed by atoms with Crippen LogP contribution < -0.4 is 10.4 Å². The fraction of sp³-hybridized carbons (Fsp3) is 0.273. The first-order valence-electron chi connectivity index (χ1n) is 4.71. The number of benzene rings is 1. The molecular formula is C11H13BN2. The van der Waals surface area contributed by atoms with Crippen LogP contribution in [0.5, 0.6) is 0 Å². The van der Waals surface area contributed by atoms with Crippen molar-refractivity contribution in [1.82, 2.24) is 4.90 Å². The zero-order chi connectivity index (χ0) is 10.1. The summed E-state index contributed by atoms with van der Waals surface area (Å²) in [5, 5.41) is 0. The summed E-state index contributed by atoms with van der Waals surface area (Å²) in [5.74, 6) is 1.05. The van der Waals surface area contributed by atoms with Gasteiger partial charge in [-0.3, -0.25) is 0 Å². The Bertz CT molecular complexity index is 345. The Labute approximate surface area is 86.2 Å². The van der Waals surface area contributed by atoms with Crippen LogP contribution in [0.1, 0.15) is 0 Å². The second-order valence-electron chi connectivity index (χ2n) is 3.58. The van der Waals surface area contributed by atoms with Crippen molar-refractivity contribution in [3.05, 3.63) is 36.7 Å². The van der Waals surface area contributed by atoms with E-state index in [0.29, 0.717) is 0 Å². The Morgan fingerprint density at radius 3 is 2.36 bits per heavy atom. The van der Waals surface area contributed by atoms with Gasteiger partial charge in [-0.15, -0.1) is 0 Å². The summed E-state index contributed by atoms with van der Waals surface area (Å²) in [6.45, 7) is 6.07. The molecule has 14 heavy (non-hydrogen) atoms. The third kappa shape index (κ3) is 1.50. The molecule has 70 valence electrons. The lowest BCUT2D eigenvalue weighted by Crippen LogP contribution is -2.19. The Balaban J connectivity index is 2.24. The van der Waals surface area contributed by atoms with Crippen molar-refractivity contribution in [2.75, 3.05) is 25.0 Å². The highest BCUT2D eigenvalue weighted by Crippen LogP contribution is 2.22. The molecule has 1 heterocycles. The van der Waals surface area contributed by atoms with E-state index in [9.17, 15) is 0 Å². The van der Waals surface area contributed by atoms with Crippen molar-refractivity contribution in [3.63, 3.8) is 0 Å². The molecule has 0 N–H and O–H groups in total. The number of hydrogen-bond acceptors (Lipinski definition) is 2. The Morgan fingerprint density at radius 2 is 1.86 bits per heavy atom. The van der Waals surface area contributed by atoms with Gasteiger partial charge < -0.3 is 9.80 Å². The van der Waals surface area contributed by atoms with Crippen molar-refractivity contribution in [1.29, 1.82) is 0 Å². The van der Waals surface area contributed by atoms with E-state index in [1.165, 1.54) is 0 Å². The molecule has 3 heteroatoms. The molecule has 2 nitrogen and oxygen atoms in total. The molecule has 0 atom stereocenters. The third-order valence-corrected chi connectivity index (χ3v) is 2.62. The largest absolute Gasteiger partial charge is 0.360 e. The molecular weight excluding hydrogens is 171 g/mol. The van der Waals surface area contributed by atoms with Crippen molar-refractivity contribution in [2.24, 2.45) is 0 Å². The van der Waals surface area contributed by atoms with E-state index in [0.717, 1.165) is 30.1 Å². The molecule has 2 radical (unpaired) electrons. The van der Waals surface area contributed by atoms with E-state index in [4.69, 9.17) is 7.85 Å². The molecule has 0 saturated carbocycles. The summed E-state index contributed by atoms with van der Waals surface area (Å²) in [7, 11) is 7.69. The normalized spacial score (nSPS) is 16.5. The van der Waals surface area contributed by atoms with Crippen LogP contribution in [0, 0.1) is 0 Å². The predicted octanol–water partition coefficient (Wildman–Crippen LogP) is 0.703. The van der Waals surface area contributed by atoms with Gasteiger partial charge in [0, 0.05) is 25.8 Å². The number of anilines is 1. The van der Waals surface area contributed by atoms with E-state index in [1.807, 2.05) is 24.3 Å². The number of hydrogen-bond donors (Lipinski definition) is 0. The average molecular weight is 184 g/mol. The zero-order valence-electron chi connectivity index (χ0n) is 8.40. The number of nitrogens with zero attached hydrogens (tertiary/aromatic N) is 2. The summed E-state index contributed by atoms with van der Waals surface area (Å²) in [4.78, 5) is 4.34. The molecule has 0 aromatic heterocycles. The molecule has 1 aliphatic rings. The number of rotatable bonds is 1. The Hall–Kier alpha value is -1.38. The highest BCUT2D eigenvalue weighted by molar-refractivity contribution is 6.32. The van der Waals surface area contributed by atoms with Gasteiger partial charge in [0.05, 0.1) is 0 Å². The van der Waals surface area contributed by atoms with Crippen LogP contribution in [-0.4, -0.2) is 32.9 Å². The van der Waals surface area contributed by atoms with Crippen LogP contribution in [0.25, 0.3) is 0 Å². The fourth-order valence-electron chi connectivity index (χ4n) is 1.65. The minimum Gasteiger partial charge on any atom is -0.360 e. The Morgan fingerprint density at radius 1 is 1.21 bits per heavy atom. The highest BCUT2D eigenvalue weighted by Gasteiger charge is 2.20. The average Bonchev–Trinajstić information content (AvgIpc) is 2.50. The maximum Gasteiger partial charge on any atom is 0.113 e. The smallest absolute Gasteiger partial charge is 0.113 e. The molecule has 2 rings (SSSR count). The number of likely N-dealkylation sites (N-methyl/N-ethyl adjacent to an activating group) is 1. The van der Waals surface area contributed by atoms with Gasteiger partial charge in [0.2, 0.25) is 0 Å². The molecule has 0 spiro atoms. The van der Waals surface area contributed by atoms with Gasteiger partial charge in [0.15, 0.2) is 0 Å². The molecule has 1 fully saturated rings. The first-order chi connectivity index (χ1) is 6.68. The van der Waals surface area contributed by atoms with Crippen molar-refractivity contribution < 1.29 is 0 Å². The summed E-state index contributed by atoms with van der Waals surface area (Å²) in [5.41, 5.74) is 1.96. The molecule has 0 bridgehead atoms. The van der Waals surface area contributed by atoms with Crippen molar-refractivity contribution in [3.8, 4) is 0 Å². The molecule has 1 aromatic rings. The topological polar surface area (TPSA) is 6.48 Å². The lowest BCUT2D eigenvalue weighted by Gasteiger charge is -2.21. The first kappa shape index (κ1) is 9.19. The molecule has 0 aliphatic carbocycles. The summed E-state index contributed by atoms with van der Waals surface area (Å²) in [6, 6.07) is 7.89. The third-order valence-electron chi connectivity index (χ3n) is 2.62. The van der Waals surface area contributed by atoms with Gasteiger partial charge in [-0.2, -0.15) is 0 Å². The standard InChI is InChI=1S/C11H13BN2/c1-9-13(2)7-8-14(9)11-5-3-10(12)4-6-11/h3-6H,1,7-8H2,2H3. The van der Waals surface area contributed by atoms with Gasteiger partial charge >= 0.3 is 0 Å². The van der Waals surface area contributed by atoms with Crippen LogP contribution in [0.2, 0.25) is 0 Å². The molecule has 0 amide bonds. The van der Waals surface area contributed by atoms with E-state index >= 15 is 0 Å². The van der Waals surface area contributed by atoms with Gasteiger partial charge in [-0.25, -0.2) is 0 Å². The van der Waals surface area contributed by atoms with Crippen LogP contribution in [0.15, 0.2) is 36.7 Å². The van der Waals surface area contributed by atoms with Gasteiger partial charge in [0.1, 0.15) is 13.7 Å². The second kappa shape index (κ2) is 3.41. The molecule has 1 aromatic carbocycles. The van der Waals surface area contributed by atoms with E-state index in [2.05, 4.69) is 23.4 Å². The van der Waals surface area contributed by atoms with Crippen molar-refractivity contribution in [2.45, 2.75) is 0 Å². The summed E-state index contributed by atoms with van der Waals surface area (Å²) >= 11 is 0.